The molecule has 0 bridgehead atoms. The lowest BCUT2D eigenvalue weighted by molar-refractivity contribution is -0.113. The van der Waals surface area contributed by atoms with Crippen molar-refractivity contribution in [2.75, 3.05) is 35.5 Å². The molecule has 2 aromatic heterocycles. The first-order chi connectivity index (χ1) is 13.6. The molecular formula is C18H20N8OS. The second-order valence-corrected chi connectivity index (χ2v) is 6.82. The molecule has 10 heteroatoms. The Hall–Kier alpha value is -3.40. The monoisotopic (exact) mass is 396 g/mol. The van der Waals surface area contributed by atoms with Gasteiger partial charge in [0.05, 0.1) is 12.0 Å². The molecule has 9 nitrogen and oxygen atoms in total. The van der Waals surface area contributed by atoms with Crippen LogP contribution in [0.4, 0.5) is 17.5 Å². The van der Waals surface area contributed by atoms with Crippen molar-refractivity contribution < 1.29 is 4.79 Å². The molecule has 0 unspecified atom stereocenters. The number of hydrogen-bond acceptors (Lipinski definition) is 8. The molecule has 0 aliphatic heterocycles. The average molecular weight is 396 g/mol. The SMILES string of the molecule is CN(C)c1ccc(/C=N\Nc2nc(SCC(=O)Nc3ccccn3)n[nH]2)cc1. The second-order valence-electron chi connectivity index (χ2n) is 5.87. The van der Waals surface area contributed by atoms with E-state index < -0.39 is 0 Å². The molecular weight excluding hydrogens is 376 g/mol. The maximum Gasteiger partial charge on any atom is 0.240 e. The first-order valence-electron chi connectivity index (χ1n) is 8.43. The quantitative estimate of drug-likeness (QED) is 0.305. The molecule has 0 aliphatic carbocycles. The third kappa shape index (κ3) is 5.81. The standard InChI is InChI=1S/C18H20N8OS/c1-26(2)14-8-6-13(7-9-14)11-20-23-17-22-18(25-24-17)28-12-16(27)21-15-5-3-4-10-19-15/h3-11H,12H2,1-2H3,(H,19,21,27)(H2,22,23,24,25)/b20-11-. The average Bonchev–Trinajstić information content (AvgIpc) is 3.15. The summed E-state index contributed by atoms with van der Waals surface area (Å²) in [5.41, 5.74) is 4.86. The minimum Gasteiger partial charge on any atom is -0.378 e. The second kappa shape index (κ2) is 9.51. The lowest BCUT2D eigenvalue weighted by atomic mass is 10.2. The number of carbonyl (C=O) groups is 1. The van der Waals surface area contributed by atoms with E-state index in [0.29, 0.717) is 16.9 Å². The number of aromatic nitrogens is 4. The lowest BCUT2D eigenvalue weighted by Crippen LogP contribution is -2.14. The van der Waals surface area contributed by atoms with Gasteiger partial charge in [-0.3, -0.25) is 4.79 Å². The van der Waals surface area contributed by atoms with Crippen LogP contribution in [-0.4, -0.2) is 52.1 Å². The number of thioether (sulfide) groups is 1. The zero-order valence-electron chi connectivity index (χ0n) is 15.5. The van der Waals surface area contributed by atoms with Crippen molar-refractivity contribution in [3.05, 3.63) is 54.2 Å². The summed E-state index contributed by atoms with van der Waals surface area (Å²) in [5, 5.41) is 14.1. The summed E-state index contributed by atoms with van der Waals surface area (Å²) in [6.07, 6.45) is 3.31. The van der Waals surface area contributed by atoms with Crippen LogP contribution in [0.2, 0.25) is 0 Å². The number of hydrogen-bond donors (Lipinski definition) is 3. The molecule has 1 aromatic carbocycles. The van der Waals surface area contributed by atoms with Gasteiger partial charge in [-0.05, 0) is 29.8 Å². The Labute approximate surface area is 166 Å². The van der Waals surface area contributed by atoms with Crippen LogP contribution in [0.5, 0.6) is 0 Å². The van der Waals surface area contributed by atoms with Crippen molar-refractivity contribution in [3.8, 4) is 0 Å². The van der Waals surface area contributed by atoms with Crippen molar-refractivity contribution in [3.63, 3.8) is 0 Å². The third-order valence-corrected chi connectivity index (χ3v) is 4.37. The molecule has 28 heavy (non-hydrogen) atoms. The first kappa shape index (κ1) is 19.4. The normalized spacial score (nSPS) is 10.8. The highest BCUT2D eigenvalue weighted by Crippen LogP contribution is 2.15. The molecule has 2 heterocycles. The summed E-state index contributed by atoms with van der Waals surface area (Å²) >= 11 is 1.21. The van der Waals surface area contributed by atoms with Crippen molar-refractivity contribution in [1.29, 1.82) is 0 Å². The van der Waals surface area contributed by atoms with Gasteiger partial charge in [0.2, 0.25) is 17.0 Å². The number of anilines is 3. The molecule has 3 rings (SSSR count). The molecule has 0 radical (unpaired) electrons. The van der Waals surface area contributed by atoms with Crippen molar-refractivity contribution in [1.82, 2.24) is 20.2 Å². The molecule has 0 saturated heterocycles. The third-order valence-electron chi connectivity index (χ3n) is 3.52. The minimum atomic E-state index is -0.179. The lowest BCUT2D eigenvalue weighted by Gasteiger charge is -2.11. The Morgan fingerprint density at radius 1 is 1.25 bits per heavy atom. The highest BCUT2D eigenvalue weighted by Gasteiger charge is 2.08. The highest BCUT2D eigenvalue weighted by molar-refractivity contribution is 7.99. The molecule has 0 fully saturated rings. The first-order valence-corrected chi connectivity index (χ1v) is 9.41. The van der Waals surface area contributed by atoms with E-state index in [1.54, 1.807) is 30.6 Å². The molecule has 0 saturated carbocycles. The van der Waals surface area contributed by atoms with Gasteiger partial charge in [-0.25, -0.2) is 15.5 Å². The summed E-state index contributed by atoms with van der Waals surface area (Å²) in [7, 11) is 3.98. The van der Waals surface area contributed by atoms with Crippen molar-refractivity contribution in [2.45, 2.75) is 5.16 Å². The fourth-order valence-corrected chi connectivity index (χ4v) is 2.73. The smallest absolute Gasteiger partial charge is 0.240 e. The van der Waals surface area contributed by atoms with Gasteiger partial charge in [-0.15, -0.1) is 5.10 Å². The topological polar surface area (TPSA) is 111 Å². The molecule has 0 aliphatic rings. The number of amides is 1. The van der Waals surface area contributed by atoms with Gasteiger partial charge in [-0.2, -0.15) is 10.1 Å². The molecule has 3 aromatic rings. The molecule has 3 N–H and O–H groups in total. The largest absolute Gasteiger partial charge is 0.378 e. The number of H-pyrrole nitrogens is 1. The van der Waals surface area contributed by atoms with E-state index in [0.717, 1.165) is 11.3 Å². The van der Waals surface area contributed by atoms with E-state index in [2.05, 4.69) is 36.0 Å². The van der Waals surface area contributed by atoms with Gasteiger partial charge in [-0.1, -0.05) is 30.0 Å². The number of benzene rings is 1. The van der Waals surface area contributed by atoms with E-state index in [-0.39, 0.29) is 11.7 Å². The summed E-state index contributed by atoms with van der Waals surface area (Å²) in [5.74, 6) is 0.907. The highest BCUT2D eigenvalue weighted by atomic mass is 32.2. The van der Waals surface area contributed by atoms with Crippen molar-refractivity contribution >= 4 is 41.3 Å². The summed E-state index contributed by atoms with van der Waals surface area (Å²) < 4.78 is 0. The Balaban J connectivity index is 1.45. The maximum atomic E-state index is 11.9. The number of nitrogens with zero attached hydrogens (tertiary/aromatic N) is 5. The van der Waals surface area contributed by atoms with Crippen LogP contribution in [0.1, 0.15) is 5.56 Å². The van der Waals surface area contributed by atoms with E-state index >= 15 is 0 Å². The van der Waals surface area contributed by atoms with Crippen LogP contribution >= 0.6 is 11.8 Å². The Morgan fingerprint density at radius 3 is 2.79 bits per heavy atom. The molecule has 1 amide bonds. The fourth-order valence-electron chi connectivity index (χ4n) is 2.13. The zero-order chi connectivity index (χ0) is 19.8. The molecule has 144 valence electrons. The molecule has 0 atom stereocenters. The predicted octanol–water partition coefficient (Wildman–Crippen LogP) is 2.44. The van der Waals surface area contributed by atoms with Gasteiger partial charge >= 0.3 is 0 Å². The number of pyridine rings is 1. The maximum absolute atomic E-state index is 11.9. The Morgan fingerprint density at radius 2 is 2.07 bits per heavy atom. The van der Waals surface area contributed by atoms with Crippen LogP contribution in [0.15, 0.2) is 58.9 Å². The Kier molecular flexibility index (Phi) is 6.58. The van der Waals surface area contributed by atoms with E-state index in [1.165, 1.54) is 11.8 Å². The van der Waals surface area contributed by atoms with E-state index in [1.807, 2.05) is 43.3 Å². The van der Waals surface area contributed by atoms with Gasteiger partial charge < -0.3 is 10.2 Å². The van der Waals surface area contributed by atoms with Crippen LogP contribution < -0.4 is 15.6 Å². The Bertz CT molecular complexity index is 924. The minimum absolute atomic E-state index is 0.176. The van der Waals surface area contributed by atoms with E-state index in [4.69, 9.17) is 0 Å². The number of aromatic amines is 1. The zero-order valence-corrected chi connectivity index (χ0v) is 16.3. The van der Waals surface area contributed by atoms with Gasteiger partial charge in [0.15, 0.2) is 0 Å². The van der Waals surface area contributed by atoms with Gasteiger partial charge in [0, 0.05) is 26.0 Å². The summed E-state index contributed by atoms with van der Waals surface area (Å²) in [6.45, 7) is 0. The van der Waals surface area contributed by atoms with Gasteiger partial charge in [0.25, 0.3) is 0 Å². The predicted molar refractivity (Wildman–Crippen MR) is 112 cm³/mol. The number of carbonyl (C=O) groups excluding carboxylic acids is 1. The van der Waals surface area contributed by atoms with Crippen molar-refractivity contribution in [2.24, 2.45) is 5.10 Å². The van der Waals surface area contributed by atoms with Gasteiger partial charge in [0.1, 0.15) is 5.82 Å². The summed E-state index contributed by atoms with van der Waals surface area (Å²) in [4.78, 5) is 22.2. The number of hydrazone groups is 1. The van der Waals surface area contributed by atoms with E-state index in [9.17, 15) is 4.79 Å². The number of rotatable bonds is 8. The number of nitrogens with one attached hydrogen (secondary N) is 3. The van der Waals surface area contributed by atoms with Crippen LogP contribution in [0.3, 0.4) is 0 Å². The van der Waals surface area contributed by atoms with Crippen LogP contribution in [-0.2, 0) is 4.79 Å². The fraction of sp³-hybridized carbons (Fsp3) is 0.167. The summed E-state index contributed by atoms with van der Waals surface area (Å²) in [6, 6.07) is 13.3. The van der Waals surface area contributed by atoms with Crippen LogP contribution in [0.25, 0.3) is 0 Å². The molecule has 0 spiro atoms. The van der Waals surface area contributed by atoms with Crippen LogP contribution in [0, 0.1) is 0 Å².